The summed E-state index contributed by atoms with van der Waals surface area (Å²) in [5, 5.41) is 6.06. The largest absolute Gasteiger partial charge is 0.326 e. The van der Waals surface area contributed by atoms with Gasteiger partial charge in [0.15, 0.2) is 0 Å². The first-order chi connectivity index (χ1) is 7.29. The Kier molecular flexibility index (Phi) is 3.28. The molecule has 0 saturated carbocycles. The molecule has 0 aliphatic rings. The average Bonchev–Trinajstić information content (AvgIpc) is 2.65. The van der Waals surface area contributed by atoms with Gasteiger partial charge in [0.05, 0.1) is 0 Å². The molecule has 0 atom stereocenters. The Morgan fingerprint density at radius 2 is 2.27 bits per heavy atom. The van der Waals surface area contributed by atoms with Gasteiger partial charge in [0.25, 0.3) is 0 Å². The van der Waals surface area contributed by atoms with E-state index in [1.807, 2.05) is 29.6 Å². The predicted octanol–water partition coefficient (Wildman–Crippen LogP) is 3.16. The van der Waals surface area contributed by atoms with Crippen LogP contribution in [0.5, 0.6) is 0 Å². The molecule has 0 radical (unpaired) electrons. The molecule has 1 N–H and O–H groups in total. The van der Waals surface area contributed by atoms with Gasteiger partial charge in [-0.2, -0.15) is 12.6 Å². The van der Waals surface area contributed by atoms with Gasteiger partial charge in [0.2, 0.25) is 5.91 Å². The van der Waals surface area contributed by atoms with Crippen molar-refractivity contribution in [2.75, 3.05) is 11.1 Å². The van der Waals surface area contributed by atoms with E-state index in [-0.39, 0.29) is 5.91 Å². The molecule has 0 unspecified atom stereocenters. The molecule has 4 heteroatoms. The number of nitrogens with one attached hydrogen (secondary N) is 1. The van der Waals surface area contributed by atoms with Crippen molar-refractivity contribution >= 4 is 45.6 Å². The summed E-state index contributed by atoms with van der Waals surface area (Å²) in [7, 11) is 0. The zero-order valence-corrected chi connectivity index (χ0v) is 9.78. The van der Waals surface area contributed by atoms with E-state index in [1.54, 1.807) is 11.3 Å². The Hall–Kier alpha value is -1.00. The lowest BCUT2D eigenvalue weighted by atomic mass is 10.2. The van der Waals surface area contributed by atoms with Crippen LogP contribution in [0, 0.1) is 0 Å². The fraction of sp³-hybridized carbons (Fsp3) is 0.182. The van der Waals surface area contributed by atoms with Gasteiger partial charge in [0, 0.05) is 16.8 Å². The lowest BCUT2D eigenvalue weighted by Gasteiger charge is -2.03. The zero-order chi connectivity index (χ0) is 10.7. The Balaban J connectivity index is 2.17. The number of benzene rings is 1. The van der Waals surface area contributed by atoms with Crippen LogP contribution in [-0.4, -0.2) is 11.7 Å². The van der Waals surface area contributed by atoms with E-state index in [9.17, 15) is 4.79 Å². The number of fused-ring (bicyclic) bond motifs is 1. The van der Waals surface area contributed by atoms with Gasteiger partial charge < -0.3 is 5.32 Å². The molecule has 1 aromatic heterocycles. The smallest absolute Gasteiger partial charge is 0.225 e. The Morgan fingerprint density at radius 3 is 3.07 bits per heavy atom. The van der Waals surface area contributed by atoms with Crippen molar-refractivity contribution in [2.45, 2.75) is 6.42 Å². The maximum atomic E-state index is 11.3. The molecule has 1 heterocycles. The van der Waals surface area contributed by atoms with Crippen molar-refractivity contribution in [1.29, 1.82) is 0 Å². The molecular weight excluding hydrogens is 226 g/mol. The summed E-state index contributed by atoms with van der Waals surface area (Å²) in [6.45, 7) is 0. The lowest BCUT2D eigenvalue weighted by Crippen LogP contribution is -2.11. The van der Waals surface area contributed by atoms with Crippen molar-refractivity contribution in [3.8, 4) is 0 Å². The third-order valence-corrected chi connectivity index (χ3v) is 3.20. The van der Waals surface area contributed by atoms with E-state index in [0.29, 0.717) is 12.2 Å². The number of hydrogen-bond donors (Lipinski definition) is 2. The highest BCUT2D eigenvalue weighted by Crippen LogP contribution is 2.23. The van der Waals surface area contributed by atoms with E-state index >= 15 is 0 Å². The van der Waals surface area contributed by atoms with Gasteiger partial charge in [0.1, 0.15) is 0 Å². The normalized spacial score (nSPS) is 10.5. The summed E-state index contributed by atoms with van der Waals surface area (Å²) < 4.78 is 1.24. The maximum absolute atomic E-state index is 11.3. The van der Waals surface area contributed by atoms with Gasteiger partial charge >= 0.3 is 0 Å². The standard InChI is InChI=1S/C11H11NOS2/c13-11(3-5-14)12-9-1-2-10-8(7-9)4-6-15-10/h1-2,4,6-7,14H,3,5H2,(H,12,13). The van der Waals surface area contributed by atoms with Crippen LogP contribution in [0.1, 0.15) is 6.42 Å². The maximum Gasteiger partial charge on any atom is 0.225 e. The number of anilines is 1. The summed E-state index contributed by atoms with van der Waals surface area (Å²) >= 11 is 5.72. The van der Waals surface area contributed by atoms with Crippen LogP contribution >= 0.6 is 24.0 Å². The molecule has 2 rings (SSSR count). The van der Waals surface area contributed by atoms with Crippen LogP contribution in [0.15, 0.2) is 29.6 Å². The van der Waals surface area contributed by atoms with Crippen LogP contribution in [-0.2, 0) is 4.79 Å². The number of thiophene rings is 1. The number of carbonyl (C=O) groups is 1. The summed E-state index contributed by atoms with van der Waals surface area (Å²) in [6.07, 6.45) is 0.449. The number of hydrogen-bond acceptors (Lipinski definition) is 3. The van der Waals surface area contributed by atoms with E-state index in [0.717, 1.165) is 5.69 Å². The van der Waals surface area contributed by atoms with Gasteiger partial charge in [-0.15, -0.1) is 11.3 Å². The number of amides is 1. The van der Waals surface area contributed by atoms with E-state index in [2.05, 4.69) is 17.9 Å². The van der Waals surface area contributed by atoms with E-state index < -0.39 is 0 Å². The summed E-state index contributed by atoms with van der Waals surface area (Å²) in [6, 6.07) is 7.99. The average molecular weight is 237 g/mol. The minimum absolute atomic E-state index is 0.0135. The number of carbonyl (C=O) groups excluding carboxylic acids is 1. The van der Waals surface area contributed by atoms with Crippen LogP contribution in [0.4, 0.5) is 5.69 Å². The van der Waals surface area contributed by atoms with Crippen molar-refractivity contribution in [3.63, 3.8) is 0 Å². The highest BCUT2D eigenvalue weighted by atomic mass is 32.1. The van der Waals surface area contributed by atoms with E-state index in [4.69, 9.17) is 0 Å². The van der Waals surface area contributed by atoms with Crippen molar-refractivity contribution in [2.24, 2.45) is 0 Å². The minimum atomic E-state index is 0.0135. The van der Waals surface area contributed by atoms with Gasteiger partial charge in [-0.25, -0.2) is 0 Å². The highest BCUT2D eigenvalue weighted by molar-refractivity contribution is 7.80. The zero-order valence-electron chi connectivity index (χ0n) is 8.06. The first kappa shape index (κ1) is 10.5. The minimum Gasteiger partial charge on any atom is -0.326 e. The number of thiol groups is 1. The first-order valence-corrected chi connectivity index (χ1v) is 6.19. The molecular formula is C11H11NOS2. The molecule has 0 bridgehead atoms. The summed E-state index contributed by atoms with van der Waals surface area (Å²) in [5.74, 6) is 0.589. The second-order valence-corrected chi connectivity index (χ2v) is 4.59. The molecule has 0 spiro atoms. The van der Waals surface area contributed by atoms with E-state index in [1.165, 1.54) is 10.1 Å². The topological polar surface area (TPSA) is 29.1 Å². The van der Waals surface area contributed by atoms with Crippen LogP contribution < -0.4 is 5.32 Å². The molecule has 78 valence electrons. The second-order valence-electron chi connectivity index (χ2n) is 3.19. The monoisotopic (exact) mass is 237 g/mol. The summed E-state index contributed by atoms with van der Waals surface area (Å²) in [5.41, 5.74) is 0.854. The Labute approximate surface area is 97.7 Å². The third-order valence-electron chi connectivity index (χ3n) is 2.08. The highest BCUT2D eigenvalue weighted by Gasteiger charge is 2.02. The lowest BCUT2D eigenvalue weighted by molar-refractivity contribution is -0.115. The first-order valence-electron chi connectivity index (χ1n) is 4.67. The second kappa shape index (κ2) is 4.68. The Morgan fingerprint density at radius 1 is 1.40 bits per heavy atom. The quantitative estimate of drug-likeness (QED) is 0.789. The van der Waals surface area contributed by atoms with Gasteiger partial charge in [-0.3, -0.25) is 4.79 Å². The van der Waals surface area contributed by atoms with Gasteiger partial charge in [-0.1, -0.05) is 0 Å². The van der Waals surface area contributed by atoms with Crippen molar-refractivity contribution < 1.29 is 4.79 Å². The van der Waals surface area contributed by atoms with Crippen molar-refractivity contribution in [3.05, 3.63) is 29.6 Å². The molecule has 0 fully saturated rings. The van der Waals surface area contributed by atoms with Gasteiger partial charge in [-0.05, 0) is 40.8 Å². The molecule has 2 nitrogen and oxygen atoms in total. The Bertz CT molecular complexity index is 478. The fourth-order valence-electron chi connectivity index (χ4n) is 1.37. The third kappa shape index (κ3) is 2.52. The molecule has 1 amide bonds. The SMILES string of the molecule is O=C(CCS)Nc1ccc2sccc2c1. The van der Waals surface area contributed by atoms with Crippen LogP contribution in [0.2, 0.25) is 0 Å². The molecule has 1 aromatic carbocycles. The van der Waals surface area contributed by atoms with Crippen LogP contribution in [0.25, 0.3) is 10.1 Å². The van der Waals surface area contributed by atoms with Crippen molar-refractivity contribution in [1.82, 2.24) is 0 Å². The molecule has 15 heavy (non-hydrogen) atoms. The molecule has 0 aliphatic heterocycles. The summed E-state index contributed by atoms with van der Waals surface area (Å²) in [4.78, 5) is 11.3. The fourth-order valence-corrected chi connectivity index (χ4v) is 2.34. The van der Waals surface area contributed by atoms with Crippen LogP contribution in [0.3, 0.4) is 0 Å². The molecule has 2 aromatic rings. The molecule has 0 saturated heterocycles. The molecule has 0 aliphatic carbocycles. The predicted molar refractivity (Wildman–Crippen MR) is 68.9 cm³/mol. The number of rotatable bonds is 3.